The molecule has 2 rings (SSSR count). The SMILES string of the molecule is CNCCC(=O)N1CCC(Oc2cc(C)ccc2C)CC1. The number of aryl methyl sites for hydroxylation is 2. The summed E-state index contributed by atoms with van der Waals surface area (Å²) in [4.78, 5) is 13.9. The van der Waals surface area contributed by atoms with Gasteiger partial charge >= 0.3 is 0 Å². The number of carbonyl (C=O) groups excluding carboxylic acids is 1. The summed E-state index contributed by atoms with van der Waals surface area (Å²) >= 11 is 0. The molecule has 0 radical (unpaired) electrons. The van der Waals surface area contributed by atoms with Crippen LogP contribution in [0.15, 0.2) is 18.2 Å². The Hall–Kier alpha value is -1.55. The van der Waals surface area contributed by atoms with Crippen LogP contribution in [0.3, 0.4) is 0 Å². The monoisotopic (exact) mass is 290 g/mol. The topological polar surface area (TPSA) is 41.6 Å². The number of amides is 1. The van der Waals surface area contributed by atoms with E-state index in [9.17, 15) is 4.79 Å². The Balaban J connectivity index is 1.84. The molecule has 1 saturated heterocycles. The molecule has 1 aliphatic rings. The number of rotatable bonds is 5. The first-order chi connectivity index (χ1) is 10.1. The first kappa shape index (κ1) is 15.8. The Morgan fingerprint density at radius 1 is 1.33 bits per heavy atom. The van der Waals surface area contributed by atoms with Crippen LogP contribution in [0, 0.1) is 13.8 Å². The smallest absolute Gasteiger partial charge is 0.223 e. The van der Waals surface area contributed by atoms with Crippen LogP contribution in [0.4, 0.5) is 0 Å². The van der Waals surface area contributed by atoms with Crippen molar-refractivity contribution in [2.45, 2.75) is 39.2 Å². The lowest BCUT2D eigenvalue weighted by Crippen LogP contribution is -2.42. The largest absolute Gasteiger partial charge is 0.490 e. The van der Waals surface area contributed by atoms with Gasteiger partial charge in [-0.1, -0.05) is 12.1 Å². The summed E-state index contributed by atoms with van der Waals surface area (Å²) in [5.41, 5.74) is 2.39. The molecule has 1 aromatic rings. The van der Waals surface area contributed by atoms with Gasteiger partial charge in [0, 0.05) is 38.9 Å². The number of likely N-dealkylation sites (tertiary alicyclic amines) is 1. The van der Waals surface area contributed by atoms with Crippen LogP contribution in [0.25, 0.3) is 0 Å². The fourth-order valence-electron chi connectivity index (χ4n) is 2.63. The van der Waals surface area contributed by atoms with Crippen LogP contribution in [-0.4, -0.2) is 43.6 Å². The number of carbonyl (C=O) groups is 1. The molecular formula is C17H26N2O2. The summed E-state index contributed by atoms with van der Waals surface area (Å²) in [6.07, 6.45) is 2.63. The lowest BCUT2D eigenvalue weighted by atomic mass is 10.1. The third-order valence-corrected chi connectivity index (χ3v) is 4.02. The zero-order chi connectivity index (χ0) is 15.2. The fraction of sp³-hybridized carbons (Fsp3) is 0.588. The van der Waals surface area contributed by atoms with Crippen molar-refractivity contribution >= 4 is 5.91 Å². The number of hydrogen-bond donors (Lipinski definition) is 1. The van der Waals surface area contributed by atoms with Gasteiger partial charge in [-0.15, -0.1) is 0 Å². The minimum absolute atomic E-state index is 0.221. The van der Waals surface area contributed by atoms with Crippen molar-refractivity contribution in [3.05, 3.63) is 29.3 Å². The Morgan fingerprint density at radius 3 is 2.71 bits per heavy atom. The standard InChI is InChI=1S/C17H26N2O2/c1-13-4-5-14(2)16(12-13)21-15-7-10-19(11-8-15)17(20)6-9-18-3/h4-5,12,15,18H,6-11H2,1-3H3. The summed E-state index contributed by atoms with van der Waals surface area (Å²) in [6.45, 7) is 6.51. The highest BCUT2D eigenvalue weighted by atomic mass is 16.5. The van der Waals surface area contributed by atoms with Gasteiger partial charge < -0.3 is 15.0 Å². The van der Waals surface area contributed by atoms with E-state index in [0.717, 1.165) is 38.2 Å². The van der Waals surface area contributed by atoms with Gasteiger partial charge in [-0.25, -0.2) is 0 Å². The van der Waals surface area contributed by atoms with Crippen molar-refractivity contribution in [1.82, 2.24) is 10.2 Å². The van der Waals surface area contributed by atoms with Crippen molar-refractivity contribution < 1.29 is 9.53 Å². The highest BCUT2D eigenvalue weighted by Crippen LogP contribution is 2.24. The molecule has 0 aliphatic carbocycles. The second kappa shape index (κ2) is 7.46. The predicted molar refractivity (Wildman–Crippen MR) is 84.7 cm³/mol. The number of benzene rings is 1. The number of hydrogen-bond acceptors (Lipinski definition) is 3. The molecule has 0 aromatic heterocycles. The Morgan fingerprint density at radius 2 is 2.05 bits per heavy atom. The molecule has 1 heterocycles. The van der Waals surface area contributed by atoms with Gasteiger partial charge in [0.2, 0.25) is 5.91 Å². The van der Waals surface area contributed by atoms with Crippen molar-refractivity contribution in [3.8, 4) is 5.75 Å². The van der Waals surface area contributed by atoms with E-state index >= 15 is 0 Å². The van der Waals surface area contributed by atoms with E-state index in [1.54, 1.807) is 0 Å². The van der Waals surface area contributed by atoms with E-state index in [2.05, 4.69) is 37.4 Å². The van der Waals surface area contributed by atoms with Gasteiger partial charge in [-0.2, -0.15) is 0 Å². The van der Waals surface area contributed by atoms with E-state index in [1.165, 1.54) is 11.1 Å². The second-order valence-corrected chi connectivity index (χ2v) is 5.82. The van der Waals surface area contributed by atoms with Crippen molar-refractivity contribution in [2.75, 3.05) is 26.7 Å². The van der Waals surface area contributed by atoms with Crippen LogP contribution in [0.5, 0.6) is 5.75 Å². The lowest BCUT2D eigenvalue weighted by Gasteiger charge is -2.32. The predicted octanol–water partition coefficient (Wildman–Crippen LogP) is 2.28. The van der Waals surface area contributed by atoms with Crippen LogP contribution < -0.4 is 10.1 Å². The normalized spacial score (nSPS) is 16.0. The van der Waals surface area contributed by atoms with Crippen molar-refractivity contribution in [2.24, 2.45) is 0 Å². The van der Waals surface area contributed by atoms with E-state index in [0.29, 0.717) is 6.42 Å². The Bertz CT molecular complexity index is 480. The molecule has 1 aliphatic heterocycles. The number of ether oxygens (including phenoxy) is 1. The Kier molecular flexibility index (Phi) is 5.62. The molecule has 1 fully saturated rings. The average molecular weight is 290 g/mol. The molecule has 4 heteroatoms. The van der Waals surface area contributed by atoms with Crippen LogP contribution >= 0.6 is 0 Å². The molecule has 0 bridgehead atoms. The maximum atomic E-state index is 12.0. The quantitative estimate of drug-likeness (QED) is 0.904. The van der Waals surface area contributed by atoms with Gasteiger partial charge in [0.15, 0.2) is 0 Å². The van der Waals surface area contributed by atoms with Crippen LogP contribution in [0.1, 0.15) is 30.4 Å². The zero-order valence-corrected chi connectivity index (χ0v) is 13.3. The third-order valence-electron chi connectivity index (χ3n) is 4.02. The summed E-state index contributed by atoms with van der Waals surface area (Å²) < 4.78 is 6.13. The minimum atomic E-state index is 0.221. The minimum Gasteiger partial charge on any atom is -0.490 e. The van der Waals surface area contributed by atoms with Gasteiger partial charge in [-0.05, 0) is 38.1 Å². The fourth-order valence-corrected chi connectivity index (χ4v) is 2.63. The van der Waals surface area contributed by atoms with Gasteiger partial charge in [0.1, 0.15) is 11.9 Å². The van der Waals surface area contributed by atoms with E-state index in [-0.39, 0.29) is 12.0 Å². The molecule has 116 valence electrons. The van der Waals surface area contributed by atoms with Crippen LogP contribution in [-0.2, 0) is 4.79 Å². The molecular weight excluding hydrogens is 264 g/mol. The Labute approximate surface area is 127 Å². The average Bonchev–Trinajstić information content (AvgIpc) is 2.49. The first-order valence-electron chi connectivity index (χ1n) is 7.76. The molecule has 0 atom stereocenters. The van der Waals surface area contributed by atoms with Gasteiger partial charge in [0.25, 0.3) is 0 Å². The number of nitrogens with one attached hydrogen (secondary N) is 1. The number of piperidine rings is 1. The van der Waals surface area contributed by atoms with E-state index < -0.39 is 0 Å². The van der Waals surface area contributed by atoms with Gasteiger partial charge in [0.05, 0.1) is 0 Å². The second-order valence-electron chi connectivity index (χ2n) is 5.82. The first-order valence-corrected chi connectivity index (χ1v) is 7.76. The third kappa shape index (κ3) is 4.46. The summed E-state index contributed by atoms with van der Waals surface area (Å²) in [7, 11) is 1.87. The zero-order valence-electron chi connectivity index (χ0n) is 13.3. The number of nitrogens with zero attached hydrogens (tertiary/aromatic N) is 1. The molecule has 1 aromatic carbocycles. The van der Waals surface area contributed by atoms with Gasteiger partial charge in [-0.3, -0.25) is 4.79 Å². The molecule has 21 heavy (non-hydrogen) atoms. The molecule has 0 unspecified atom stereocenters. The van der Waals surface area contributed by atoms with Crippen LogP contribution in [0.2, 0.25) is 0 Å². The summed E-state index contributed by atoms with van der Waals surface area (Å²) in [5, 5.41) is 3.02. The maximum Gasteiger partial charge on any atom is 0.223 e. The van der Waals surface area contributed by atoms with E-state index in [1.807, 2.05) is 11.9 Å². The van der Waals surface area contributed by atoms with Crippen molar-refractivity contribution in [1.29, 1.82) is 0 Å². The molecule has 1 amide bonds. The molecule has 4 nitrogen and oxygen atoms in total. The highest BCUT2D eigenvalue weighted by molar-refractivity contribution is 5.76. The highest BCUT2D eigenvalue weighted by Gasteiger charge is 2.23. The molecule has 0 spiro atoms. The lowest BCUT2D eigenvalue weighted by molar-refractivity contribution is -0.132. The summed E-state index contributed by atoms with van der Waals surface area (Å²) in [5.74, 6) is 1.23. The van der Waals surface area contributed by atoms with E-state index in [4.69, 9.17) is 4.74 Å². The van der Waals surface area contributed by atoms with Crippen molar-refractivity contribution in [3.63, 3.8) is 0 Å². The molecule has 1 N–H and O–H groups in total. The molecule has 0 saturated carbocycles. The summed E-state index contributed by atoms with van der Waals surface area (Å²) in [6, 6.07) is 6.30. The maximum absolute atomic E-state index is 12.0.